The van der Waals surface area contributed by atoms with Crippen LogP contribution in [0.4, 0.5) is 4.79 Å². The van der Waals surface area contributed by atoms with Gasteiger partial charge in [-0.25, -0.2) is 4.79 Å². The molecule has 0 aliphatic heterocycles. The van der Waals surface area contributed by atoms with Crippen LogP contribution >= 0.6 is 0 Å². The van der Waals surface area contributed by atoms with E-state index >= 15 is 0 Å². The van der Waals surface area contributed by atoms with Crippen LogP contribution in [0.1, 0.15) is 0 Å². The Labute approximate surface area is 36.5 Å². The van der Waals surface area contributed by atoms with E-state index in [1.807, 2.05) is 0 Å². The maximum Gasteiger partial charge on any atom is 0.402 e. The van der Waals surface area contributed by atoms with E-state index in [0.29, 0.717) is 0 Å². The molecule has 0 saturated carbocycles. The van der Waals surface area contributed by atoms with Crippen LogP contribution in [0, 0.1) is 7.43 Å². The topological polar surface area (TPSA) is 93.8 Å². The molecule has 0 bridgehead atoms. The zero-order chi connectivity index (χ0) is 3.58. The number of rotatable bonds is 0. The normalized spacial score (nSPS) is 4.00. The first-order valence-corrected chi connectivity index (χ1v) is 0.716. The summed E-state index contributed by atoms with van der Waals surface area (Å²) in [5.41, 5.74) is 4.03. The average molecular weight is 87.1 g/mol. The molecule has 4 heteroatoms. The Balaban J connectivity index is -0.0000000450. The summed E-state index contributed by atoms with van der Waals surface area (Å²) >= 11 is 0. The van der Waals surface area contributed by atoms with Crippen LogP contribution in [0.25, 0.3) is 0 Å². The second kappa shape index (κ2) is 8.87. The number of hydrogen-bond acceptors (Lipinski definition) is 1. The number of nitrogens with two attached hydrogens (primary N) is 1. The molecule has 6 heavy (non-hydrogen) atoms. The molecule has 0 fully saturated rings. The highest BCUT2D eigenvalue weighted by atomic mass is 16.4. The van der Waals surface area contributed by atoms with Gasteiger partial charge in [-0.2, -0.15) is 0 Å². The molecule has 0 aromatic carbocycles. The average Bonchev–Trinajstić information content (AvgIpc) is 0.811. The number of carbonyl (C=O) groups is 1. The van der Waals surface area contributed by atoms with E-state index in [1.54, 1.807) is 0 Å². The lowest BCUT2D eigenvalue weighted by Crippen LogP contribution is -2.03. The third kappa shape index (κ3) is 27.1. The Morgan fingerprint density at radius 3 is 1.67 bits per heavy atom. The third-order valence-corrected chi connectivity index (χ3v) is 0. The lowest BCUT2D eigenvalue weighted by Gasteiger charge is -1.61. The monoisotopic (exact) mass is 87.0 g/mol. The second-order valence-corrected chi connectivity index (χ2v) is 0.338. The minimum atomic E-state index is -1.33. The zero-order valence-corrected chi connectivity index (χ0v) is 2.88. The first kappa shape index (κ1) is 18.8. The van der Waals surface area contributed by atoms with Gasteiger partial charge >= 0.3 is 6.09 Å². The summed E-state index contributed by atoms with van der Waals surface area (Å²) in [7, 11) is 0. The van der Waals surface area contributed by atoms with Gasteiger partial charge in [0.2, 0.25) is 0 Å². The summed E-state index contributed by atoms with van der Waals surface area (Å²) in [6, 6.07) is 0. The van der Waals surface area contributed by atoms with Crippen molar-refractivity contribution in [2.75, 3.05) is 0 Å². The molecule has 0 unspecified atom stereocenters. The third-order valence-electron chi connectivity index (χ3n) is 0. The standard InChI is InChI=1S/CH3NO2.C.N/c2-1(3)4;;/h2H2,(H,3,4);;. The molecule has 4 nitrogen and oxygen atoms in total. The highest BCUT2D eigenvalue weighted by Gasteiger charge is 1.65. The molecule has 0 aliphatic rings. The minimum absolute atomic E-state index is 0. The van der Waals surface area contributed by atoms with Gasteiger partial charge in [0.15, 0.2) is 0 Å². The van der Waals surface area contributed by atoms with E-state index in [1.165, 1.54) is 0 Å². The van der Waals surface area contributed by atoms with Crippen molar-refractivity contribution in [1.29, 1.82) is 0 Å². The van der Waals surface area contributed by atoms with Crippen molar-refractivity contribution in [3.63, 3.8) is 0 Å². The van der Waals surface area contributed by atoms with Gasteiger partial charge in [-0.15, -0.1) is 0 Å². The molecule has 3 N–H and O–H groups in total. The van der Waals surface area contributed by atoms with Crippen LogP contribution in [-0.4, -0.2) is 11.2 Å². The van der Waals surface area contributed by atoms with Crippen molar-refractivity contribution >= 4 is 6.09 Å². The summed E-state index contributed by atoms with van der Waals surface area (Å²) in [5.74, 6) is 0. The maximum absolute atomic E-state index is 8.78. The van der Waals surface area contributed by atoms with Gasteiger partial charge in [-0.1, -0.05) is 0 Å². The number of amides is 1. The summed E-state index contributed by atoms with van der Waals surface area (Å²) in [6.07, 6.45) is -1.33. The molecule has 0 aromatic rings. The fourth-order valence-electron chi connectivity index (χ4n) is 0. The van der Waals surface area contributed by atoms with E-state index in [2.05, 4.69) is 5.73 Å². The predicted octanol–water partition coefficient (Wildman–Crippen LogP) is -0.776. The quantitative estimate of drug-likeness (QED) is 0.405. The number of nitrogens with zero attached hydrogens (tertiary/aromatic N) is 1. The van der Waals surface area contributed by atoms with Crippen molar-refractivity contribution < 1.29 is 9.90 Å². The zero-order valence-electron chi connectivity index (χ0n) is 2.88. The Bertz CT molecular complexity index is 32.5. The summed E-state index contributed by atoms with van der Waals surface area (Å²) in [6.45, 7) is 0. The van der Waals surface area contributed by atoms with Gasteiger partial charge in [0.05, 0.1) is 0 Å². The molecule has 0 spiro atoms. The van der Waals surface area contributed by atoms with E-state index in [4.69, 9.17) is 9.90 Å². The van der Waals surface area contributed by atoms with Gasteiger partial charge < -0.3 is 10.8 Å². The van der Waals surface area contributed by atoms with Gasteiger partial charge in [-0.05, 0) is 0 Å². The smallest absolute Gasteiger partial charge is 0.402 e. The van der Waals surface area contributed by atoms with Crippen LogP contribution < -0.4 is 11.9 Å². The van der Waals surface area contributed by atoms with Crippen molar-refractivity contribution in [2.45, 2.75) is 0 Å². The fourth-order valence-corrected chi connectivity index (χ4v) is 0. The predicted molar refractivity (Wildman–Crippen MR) is 17.6 cm³/mol. The van der Waals surface area contributed by atoms with Gasteiger partial charge in [-0.3, -0.25) is 0 Å². The molecular formula is C2H3N2O2. The van der Waals surface area contributed by atoms with Crippen molar-refractivity contribution in [3.8, 4) is 0 Å². The van der Waals surface area contributed by atoms with Crippen LogP contribution in [0.15, 0.2) is 0 Å². The van der Waals surface area contributed by atoms with Gasteiger partial charge in [0.1, 0.15) is 0 Å². The van der Waals surface area contributed by atoms with Crippen molar-refractivity contribution in [1.82, 2.24) is 6.15 Å². The van der Waals surface area contributed by atoms with E-state index in [9.17, 15) is 0 Å². The Morgan fingerprint density at radius 1 is 1.67 bits per heavy atom. The number of primary amides is 1. The Hall–Kier alpha value is -0.770. The summed E-state index contributed by atoms with van der Waals surface area (Å²) in [5, 5.41) is 7.19. The number of carboxylic acid groups (broad SMARTS) is 1. The first-order valence-electron chi connectivity index (χ1n) is 0.716. The lowest BCUT2D eigenvalue weighted by atomic mass is 11.3. The molecule has 0 heterocycles. The first-order chi connectivity index (χ1) is 1.73. The van der Waals surface area contributed by atoms with E-state index in [0.717, 1.165) is 0 Å². The van der Waals surface area contributed by atoms with E-state index in [-0.39, 0.29) is 13.6 Å². The van der Waals surface area contributed by atoms with Crippen LogP contribution in [0.5, 0.6) is 0 Å². The van der Waals surface area contributed by atoms with E-state index < -0.39 is 6.09 Å². The summed E-state index contributed by atoms with van der Waals surface area (Å²) in [4.78, 5) is 8.78. The molecule has 1 amide bonds. The largest absolute Gasteiger partial charge is 0.465 e. The molecule has 0 saturated heterocycles. The summed E-state index contributed by atoms with van der Waals surface area (Å²) < 4.78 is 0. The van der Waals surface area contributed by atoms with Crippen molar-refractivity contribution in [2.24, 2.45) is 5.73 Å². The van der Waals surface area contributed by atoms with Gasteiger partial charge in [0.25, 0.3) is 0 Å². The van der Waals surface area contributed by atoms with Crippen molar-refractivity contribution in [3.05, 3.63) is 7.43 Å². The highest BCUT2D eigenvalue weighted by molar-refractivity contribution is 5.61. The SMILES string of the molecule is NC(=O)O.[C].[N]. The van der Waals surface area contributed by atoms with Crippen LogP contribution in [0.3, 0.4) is 0 Å². The minimum Gasteiger partial charge on any atom is -0.465 e. The van der Waals surface area contributed by atoms with Crippen LogP contribution in [0.2, 0.25) is 0 Å². The molecule has 7 radical (unpaired) electrons. The molecule has 0 rings (SSSR count). The molecule has 33 valence electrons. The maximum atomic E-state index is 8.78. The Kier molecular flexibility index (Phi) is 27.8. The number of hydrogen-bond donors (Lipinski definition) is 2. The second-order valence-electron chi connectivity index (χ2n) is 0.338. The van der Waals surface area contributed by atoms with Crippen LogP contribution in [-0.2, 0) is 0 Å². The highest BCUT2D eigenvalue weighted by Crippen LogP contribution is 1.34. The molecular weight excluding hydrogens is 84.0 g/mol. The Morgan fingerprint density at radius 2 is 1.67 bits per heavy atom. The molecule has 0 aliphatic carbocycles. The molecule has 0 atom stereocenters. The lowest BCUT2D eigenvalue weighted by molar-refractivity contribution is 0.205. The fraction of sp³-hybridized carbons (Fsp3) is 0. The molecule has 0 aromatic heterocycles. The van der Waals surface area contributed by atoms with Gasteiger partial charge in [0, 0.05) is 13.6 Å².